The third-order valence-electron chi connectivity index (χ3n) is 21.4. The summed E-state index contributed by atoms with van der Waals surface area (Å²) in [6.07, 6.45) is 9.96. The summed E-state index contributed by atoms with van der Waals surface area (Å²) in [6.45, 7) is 18.1. The molecule has 3 aromatic carbocycles. The zero-order valence-electron chi connectivity index (χ0n) is 63.4. The molecule has 5 saturated heterocycles. The third kappa shape index (κ3) is 17.3. The van der Waals surface area contributed by atoms with Crippen molar-refractivity contribution in [3.63, 3.8) is 0 Å². The number of rotatable bonds is 21. The lowest BCUT2D eigenvalue weighted by atomic mass is 9.93. The number of nitrogens with zero attached hydrogens (tertiary/aromatic N) is 9. The van der Waals surface area contributed by atoms with Gasteiger partial charge in [0, 0.05) is 62.6 Å². The summed E-state index contributed by atoms with van der Waals surface area (Å²) >= 11 is 0. The number of carbonyl (C=O) groups is 8. The van der Waals surface area contributed by atoms with E-state index in [0.29, 0.717) is 87.3 Å². The second-order valence-corrected chi connectivity index (χ2v) is 29.8. The zero-order valence-corrected chi connectivity index (χ0v) is 63.4. The van der Waals surface area contributed by atoms with Gasteiger partial charge >= 0.3 is 24.4 Å². The van der Waals surface area contributed by atoms with Crippen molar-refractivity contribution in [2.75, 3.05) is 72.6 Å². The maximum absolute atomic E-state index is 15.8. The standard InChI is InChI=1S/C39H53F2N9O6.C38H48N8O6/c1-21(2)31(46-38(53)55-5)36(51)49-13-7-9-29(49)34-42-19-27(44-34)23-11-15-48(16-12-23)33-25(40)17-24(18-26(33)41)28-20-43-35(45-28)30-10-8-14-50(30)37(52)32(22(3)4)47-39(54)56-6;1-21(2)31(43-37(49)51-5)35(47)45-17-7-9-29(45)33-39-20-28(42-33)24-13-11-23(12-14-24)25-15-16-26-27(19-25)41-34(40-26)30-10-8-18-46(30)36(48)32(22(3)4)44-38(50)52-6/h17-23,29-32H,7-16H2,1-6H3,(H,42,44)(H,43,45)(H,46,53)(H,47,54);11-16,19-22,29-32H,7-10,17-18H2,1-6H3,(H,39,42)(H,40,41)(H,43,49)(H,44,50)/t2*29-,30-,31-,32-/m00/s1. The number of anilines is 1. The lowest BCUT2D eigenvalue weighted by Crippen LogP contribution is -2.51. The van der Waals surface area contributed by atoms with Crippen LogP contribution in [0.15, 0.2) is 73.2 Å². The smallest absolute Gasteiger partial charge is 0.407 e. The number of fused-ring (bicyclic) bond motifs is 1. The SMILES string of the molecule is COC(=O)N[C@H](C(=O)N1CCC[C@H]1c1ncc(-c2cc(F)c(N3CCC(c4cnc([C@@H]5CCCN5C(=O)[C@@H](NC(=O)OC)C(C)C)[nH]4)CC3)c(F)c2)[nH]1)C(C)C.COC(=O)N[C@H](C(=O)N1CCC[C@H]1c1ncc(-c2ccc(-c3ccc4nc([C@@H]5CCCN5C(=O)[C@@H](NC(=O)OC)C(C)C)[nH]c4c3)cc2)[nH]1)C(C)C. The summed E-state index contributed by atoms with van der Waals surface area (Å²) in [5.41, 5.74) is 7.09. The molecule has 0 spiro atoms. The van der Waals surface area contributed by atoms with Crippen molar-refractivity contribution in [2.24, 2.45) is 23.7 Å². The minimum absolute atomic E-state index is 0.0805. The molecule has 9 heterocycles. The Morgan fingerprint density at radius 3 is 1.16 bits per heavy atom. The molecule has 580 valence electrons. The van der Waals surface area contributed by atoms with Crippen molar-refractivity contribution in [3.8, 4) is 33.6 Å². The minimum Gasteiger partial charge on any atom is -0.453 e. The normalized spacial score (nSPS) is 19.3. The fourth-order valence-electron chi connectivity index (χ4n) is 15.5. The highest BCUT2D eigenvalue weighted by molar-refractivity contribution is 5.89. The molecule has 0 aliphatic carbocycles. The van der Waals surface area contributed by atoms with Crippen LogP contribution in [0.5, 0.6) is 0 Å². The van der Waals surface area contributed by atoms with Crippen LogP contribution in [0.2, 0.25) is 0 Å². The monoisotopic (exact) mass is 1490 g/mol. The average molecular weight is 1490 g/mol. The molecule has 5 aliphatic heterocycles. The fraction of sp³-hybridized carbons (Fsp3) is 0.532. The van der Waals surface area contributed by atoms with Gasteiger partial charge in [-0.05, 0) is 129 Å². The Labute approximate surface area is 626 Å². The highest BCUT2D eigenvalue weighted by atomic mass is 19.1. The van der Waals surface area contributed by atoms with Gasteiger partial charge in [-0.2, -0.15) is 0 Å². The van der Waals surface area contributed by atoms with Gasteiger partial charge in [-0.1, -0.05) is 85.7 Å². The van der Waals surface area contributed by atoms with Gasteiger partial charge in [-0.25, -0.2) is 47.9 Å². The van der Waals surface area contributed by atoms with Gasteiger partial charge in [0.15, 0.2) is 0 Å². The van der Waals surface area contributed by atoms with Crippen LogP contribution in [0.1, 0.15) is 179 Å². The van der Waals surface area contributed by atoms with Crippen LogP contribution in [0, 0.1) is 35.3 Å². The van der Waals surface area contributed by atoms with E-state index >= 15 is 8.78 Å². The number of carbonyl (C=O) groups excluding carboxylic acids is 8. The number of hydrogen-bond acceptors (Lipinski definition) is 17. The number of aromatic nitrogens is 8. The molecule has 0 saturated carbocycles. The first-order chi connectivity index (χ1) is 51.8. The maximum Gasteiger partial charge on any atom is 0.407 e. The predicted molar refractivity (Wildman–Crippen MR) is 397 cm³/mol. The Hall–Kier alpha value is -10.6. The molecule has 8 atom stereocenters. The molecule has 5 aliphatic rings. The average Bonchev–Trinajstić information content (AvgIpc) is 1.27. The number of alkyl carbamates (subject to hydrolysis) is 4. The van der Waals surface area contributed by atoms with E-state index in [9.17, 15) is 38.4 Å². The van der Waals surface area contributed by atoms with Crippen LogP contribution >= 0.6 is 0 Å². The number of H-pyrrole nitrogens is 4. The highest BCUT2D eigenvalue weighted by Crippen LogP contribution is 2.41. The molecule has 8 amide bonds. The second kappa shape index (κ2) is 34.5. The molecule has 4 aromatic heterocycles. The van der Waals surface area contributed by atoms with Gasteiger partial charge in [-0.15, -0.1) is 0 Å². The van der Waals surface area contributed by atoms with Gasteiger partial charge in [0.25, 0.3) is 0 Å². The van der Waals surface area contributed by atoms with E-state index in [4.69, 9.17) is 23.9 Å². The Bertz CT molecular complexity index is 4330. The number of aromatic amines is 4. The highest BCUT2D eigenvalue weighted by Gasteiger charge is 2.43. The van der Waals surface area contributed by atoms with E-state index in [0.717, 1.165) is 89.9 Å². The van der Waals surface area contributed by atoms with Gasteiger partial charge in [0.2, 0.25) is 23.6 Å². The molecular weight excluding hydrogens is 1390 g/mol. The number of methoxy groups -OCH3 is 4. The molecule has 12 rings (SSSR count). The van der Waals surface area contributed by atoms with Crippen molar-refractivity contribution >= 4 is 64.7 Å². The van der Waals surface area contributed by atoms with Crippen molar-refractivity contribution in [1.29, 1.82) is 0 Å². The zero-order chi connectivity index (χ0) is 77.4. The molecule has 0 bridgehead atoms. The van der Waals surface area contributed by atoms with Gasteiger partial charge in [0.1, 0.15) is 64.8 Å². The molecule has 29 nitrogen and oxygen atoms in total. The summed E-state index contributed by atoms with van der Waals surface area (Å²) in [6, 6.07) is 12.9. The first-order valence-electron chi connectivity index (χ1n) is 37.4. The van der Waals surface area contributed by atoms with Crippen LogP contribution in [0.25, 0.3) is 44.7 Å². The number of benzene rings is 3. The maximum atomic E-state index is 15.8. The van der Waals surface area contributed by atoms with E-state index in [2.05, 4.69) is 74.4 Å². The third-order valence-corrected chi connectivity index (χ3v) is 21.4. The van der Waals surface area contributed by atoms with E-state index in [1.807, 2.05) is 84.6 Å². The number of piperidine rings is 1. The van der Waals surface area contributed by atoms with Crippen molar-refractivity contribution in [3.05, 3.63) is 114 Å². The molecule has 31 heteroatoms. The largest absolute Gasteiger partial charge is 0.453 e. The van der Waals surface area contributed by atoms with Gasteiger partial charge in [-0.3, -0.25) is 19.2 Å². The molecule has 8 N–H and O–H groups in total. The molecule has 0 unspecified atom stereocenters. The lowest BCUT2D eigenvalue weighted by molar-refractivity contribution is -0.136. The molecule has 7 aromatic rings. The number of amides is 8. The first kappa shape index (κ1) is 78.5. The van der Waals surface area contributed by atoms with Crippen LogP contribution in [-0.4, -0.2) is 199 Å². The quantitative estimate of drug-likeness (QED) is 0.0310. The number of halogens is 2. The van der Waals surface area contributed by atoms with E-state index in [1.54, 1.807) is 32.0 Å². The van der Waals surface area contributed by atoms with E-state index in [1.165, 1.54) is 46.8 Å². The molecule has 5 fully saturated rings. The fourth-order valence-corrected chi connectivity index (χ4v) is 15.5. The first-order valence-corrected chi connectivity index (χ1v) is 37.4. The van der Waals surface area contributed by atoms with Crippen molar-refractivity contribution in [2.45, 2.75) is 174 Å². The summed E-state index contributed by atoms with van der Waals surface area (Å²) in [5.74, 6) is 0.0993. The summed E-state index contributed by atoms with van der Waals surface area (Å²) in [4.78, 5) is 143. The second-order valence-electron chi connectivity index (χ2n) is 29.8. The molecular formula is C77H101F2N17O12. The Morgan fingerprint density at radius 2 is 0.769 bits per heavy atom. The number of nitrogens with one attached hydrogen (secondary N) is 8. The van der Waals surface area contributed by atoms with Gasteiger partial charge < -0.3 is 84.7 Å². The van der Waals surface area contributed by atoms with Crippen LogP contribution in [0.4, 0.5) is 33.6 Å². The number of imidazole rings is 4. The van der Waals surface area contributed by atoms with E-state index < -0.39 is 60.2 Å². The molecule has 108 heavy (non-hydrogen) atoms. The van der Waals surface area contributed by atoms with Crippen molar-refractivity contribution < 1.29 is 66.1 Å². The Kier molecular flexibility index (Phi) is 25.1. The topological polar surface area (TPSA) is 353 Å². The summed E-state index contributed by atoms with van der Waals surface area (Å²) in [7, 11) is 5.08. The van der Waals surface area contributed by atoms with Crippen LogP contribution in [0.3, 0.4) is 0 Å². The molecule has 0 radical (unpaired) electrons. The van der Waals surface area contributed by atoms with Crippen LogP contribution in [-0.2, 0) is 38.1 Å². The minimum atomic E-state index is -0.780. The van der Waals surface area contributed by atoms with E-state index in [-0.39, 0.29) is 83.1 Å². The van der Waals surface area contributed by atoms with Gasteiger partial charge in [0.05, 0.1) is 87.4 Å². The predicted octanol–water partition coefficient (Wildman–Crippen LogP) is 11.3. The van der Waals surface area contributed by atoms with Crippen LogP contribution < -0.4 is 26.2 Å². The Balaban J connectivity index is 0.000000215. The Morgan fingerprint density at radius 1 is 0.417 bits per heavy atom. The number of likely N-dealkylation sites (tertiary alicyclic amines) is 4. The van der Waals surface area contributed by atoms with Crippen molar-refractivity contribution in [1.82, 2.24) is 80.7 Å². The number of hydrogen-bond donors (Lipinski definition) is 8. The lowest BCUT2D eigenvalue weighted by Gasteiger charge is -2.33. The number of ether oxygens (including phenoxy) is 4. The summed E-state index contributed by atoms with van der Waals surface area (Å²) in [5, 5.41) is 10.7. The summed E-state index contributed by atoms with van der Waals surface area (Å²) < 4.78 is 50.5.